The van der Waals surface area contributed by atoms with E-state index in [4.69, 9.17) is 9.47 Å². The molecule has 140 valence electrons. The van der Waals surface area contributed by atoms with Crippen LogP contribution in [0.4, 0.5) is 16.3 Å². The van der Waals surface area contributed by atoms with E-state index in [1.54, 1.807) is 13.3 Å². The fraction of sp³-hybridized carbons (Fsp3) is 0.500. The first kappa shape index (κ1) is 18.0. The molecule has 2 atom stereocenters. The van der Waals surface area contributed by atoms with Gasteiger partial charge in [-0.3, -0.25) is 5.10 Å². The smallest absolute Gasteiger partial charge is 0.407 e. The van der Waals surface area contributed by atoms with Gasteiger partial charge in [0.15, 0.2) is 5.82 Å². The van der Waals surface area contributed by atoms with Crippen LogP contribution in [0.2, 0.25) is 0 Å². The summed E-state index contributed by atoms with van der Waals surface area (Å²) in [6.45, 7) is 2.65. The Kier molecular flexibility index (Phi) is 5.93. The van der Waals surface area contributed by atoms with E-state index < -0.39 is 0 Å². The van der Waals surface area contributed by atoms with Crippen LogP contribution < -0.4 is 15.4 Å². The number of anilines is 2. The number of nitrogens with one attached hydrogen (secondary N) is 3. The maximum Gasteiger partial charge on any atom is 0.407 e. The predicted octanol–water partition coefficient (Wildman–Crippen LogP) is 3.33. The number of carbonyl (C=O) groups excluding carboxylic acids is 1. The van der Waals surface area contributed by atoms with E-state index in [0.29, 0.717) is 18.3 Å². The van der Waals surface area contributed by atoms with Gasteiger partial charge >= 0.3 is 6.09 Å². The summed E-state index contributed by atoms with van der Waals surface area (Å²) in [5, 5.41) is 13.4. The van der Waals surface area contributed by atoms with E-state index in [0.717, 1.165) is 42.9 Å². The molecule has 0 spiro atoms. The van der Waals surface area contributed by atoms with E-state index >= 15 is 0 Å². The zero-order valence-corrected chi connectivity index (χ0v) is 15.1. The van der Waals surface area contributed by atoms with Crippen LogP contribution in [0.5, 0.6) is 5.88 Å². The molecule has 0 unspecified atom stereocenters. The highest BCUT2D eigenvalue weighted by atomic mass is 16.6. The molecular formula is C18H25N5O3. The largest absolute Gasteiger partial charge is 0.481 e. The number of hydrogen-bond acceptors (Lipinski definition) is 6. The highest BCUT2D eigenvalue weighted by Crippen LogP contribution is 2.36. The lowest BCUT2D eigenvalue weighted by Gasteiger charge is -2.12. The number of carbonyl (C=O) groups is 1. The van der Waals surface area contributed by atoms with Gasteiger partial charge in [0.25, 0.3) is 0 Å². The van der Waals surface area contributed by atoms with Crippen molar-refractivity contribution in [2.45, 2.75) is 44.6 Å². The second kappa shape index (κ2) is 8.55. The zero-order chi connectivity index (χ0) is 18.4. The fourth-order valence-corrected chi connectivity index (χ4v) is 3.11. The molecule has 1 fully saturated rings. The first-order chi connectivity index (χ1) is 12.7. The Labute approximate surface area is 152 Å². The average molecular weight is 359 g/mol. The number of aromatic amines is 1. The minimum absolute atomic E-state index is 0.0407. The van der Waals surface area contributed by atoms with E-state index in [-0.39, 0.29) is 12.2 Å². The first-order valence-electron chi connectivity index (χ1n) is 8.94. The van der Waals surface area contributed by atoms with Gasteiger partial charge in [0.05, 0.1) is 7.11 Å². The summed E-state index contributed by atoms with van der Waals surface area (Å²) in [5.41, 5.74) is 1.91. The number of amides is 1. The van der Waals surface area contributed by atoms with Crippen LogP contribution in [-0.4, -0.2) is 41.0 Å². The number of H-pyrrole nitrogens is 1. The van der Waals surface area contributed by atoms with Crippen LogP contribution in [0.25, 0.3) is 0 Å². The molecule has 8 nitrogen and oxygen atoms in total. The minimum atomic E-state index is -0.323. The molecule has 0 aromatic carbocycles. The average Bonchev–Trinajstić information content (AvgIpc) is 3.29. The summed E-state index contributed by atoms with van der Waals surface area (Å²) in [6.07, 6.45) is 4.86. The summed E-state index contributed by atoms with van der Waals surface area (Å²) in [4.78, 5) is 15.8. The molecule has 0 bridgehead atoms. The lowest BCUT2D eigenvalue weighted by Crippen LogP contribution is -2.28. The molecule has 1 aliphatic carbocycles. The van der Waals surface area contributed by atoms with Crippen LogP contribution in [-0.2, 0) is 4.74 Å². The van der Waals surface area contributed by atoms with Crippen molar-refractivity contribution in [2.75, 3.05) is 19.0 Å². The van der Waals surface area contributed by atoms with Crippen molar-refractivity contribution >= 4 is 17.6 Å². The Morgan fingerprint density at radius 3 is 3.08 bits per heavy atom. The highest BCUT2D eigenvalue weighted by Gasteiger charge is 2.29. The van der Waals surface area contributed by atoms with Crippen molar-refractivity contribution < 1.29 is 14.3 Å². The molecule has 2 aromatic rings. The SMILES string of the molecule is CCCNC(=O)O[C@@H]1CC[C@H](c2cc(Nc3ccnc(OC)c3)n[nH]2)C1. The van der Waals surface area contributed by atoms with Gasteiger partial charge in [-0.25, -0.2) is 9.78 Å². The molecule has 1 amide bonds. The van der Waals surface area contributed by atoms with Crippen molar-refractivity contribution in [3.05, 3.63) is 30.1 Å². The molecule has 0 saturated heterocycles. The molecule has 3 N–H and O–H groups in total. The first-order valence-corrected chi connectivity index (χ1v) is 8.94. The molecule has 2 heterocycles. The number of pyridine rings is 1. The highest BCUT2D eigenvalue weighted by molar-refractivity contribution is 5.67. The van der Waals surface area contributed by atoms with Crippen LogP contribution in [0.1, 0.15) is 44.2 Å². The Bertz CT molecular complexity index is 733. The van der Waals surface area contributed by atoms with Gasteiger partial charge in [-0.05, 0) is 31.7 Å². The maximum atomic E-state index is 11.7. The van der Waals surface area contributed by atoms with E-state index in [1.165, 1.54) is 0 Å². The van der Waals surface area contributed by atoms with Crippen LogP contribution in [0.15, 0.2) is 24.4 Å². The molecule has 1 saturated carbocycles. The predicted molar refractivity (Wildman–Crippen MR) is 97.8 cm³/mol. The lowest BCUT2D eigenvalue weighted by atomic mass is 10.0. The third kappa shape index (κ3) is 4.65. The van der Waals surface area contributed by atoms with Gasteiger partial charge in [-0.1, -0.05) is 6.92 Å². The lowest BCUT2D eigenvalue weighted by molar-refractivity contribution is 0.100. The van der Waals surface area contributed by atoms with Gasteiger partial charge in [-0.15, -0.1) is 0 Å². The van der Waals surface area contributed by atoms with Crippen molar-refractivity contribution in [3.63, 3.8) is 0 Å². The molecule has 3 rings (SSSR count). The van der Waals surface area contributed by atoms with Gasteiger partial charge in [-0.2, -0.15) is 5.10 Å². The monoisotopic (exact) mass is 359 g/mol. The van der Waals surface area contributed by atoms with Gasteiger partial charge < -0.3 is 20.1 Å². The third-order valence-corrected chi connectivity index (χ3v) is 4.43. The minimum Gasteiger partial charge on any atom is -0.481 e. The molecule has 1 aliphatic rings. The number of alkyl carbamates (subject to hydrolysis) is 1. The molecule has 0 aliphatic heterocycles. The van der Waals surface area contributed by atoms with Crippen molar-refractivity contribution in [2.24, 2.45) is 0 Å². The Morgan fingerprint density at radius 1 is 1.38 bits per heavy atom. The van der Waals surface area contributed by atoms with E-state index in [1.807, 2.05) is 25.1 Å². The van der Waals surface area contributed by atoms with Gasteiger partial charge in [0.1, 0.15) is 6.10 Å². The Hall–Kier alpha value is -2.77. The number of nitrogens with zero attached hydrogens (tertiary/aromatic N) is 2. The quantitative estimate of drug-likeness (QED) is 0.701. The van der Waals surface area contributed by atoms with Crippen molar-refractivity contribution in [3.8, 4) is 5.88 Å². The third-order valence-electron chi connectivity index (χ3n) is 4.43. The molecule has 0 radical (unpaired) electrons. The summed E-state index contributed by atoms with van der Waals surface area (Å²) in [5.74, 6) is 1.59. The van der Waals surface area contributed by atoms with Crippen molar-refractivity contribution in [1.29, 1.82) is 0 Å². The van der Waals surface area contributed by atoms with Crippen LogP contribution in [0.3, 0.4) is 0 Å². The Morgan fingerprint density at radius 2 is 2.27 bits per heavy atom. The number of aromatic nitrogens is 3. The molecule has 8 heteroatoms. The summed E-state index contributed by atoms with van der Waals surface area (Å²) >= 11 is 0. The van der Waals surface area contributed by atoms with Gasteiger partial charge in [0.2, 0.25) is 5.88 Å². The second-order valence-corrected chi connectivity index (χ2v) is 6.38. The normalized spacial score (nSPS) is 19.2. The standard InChI is InChI=1S/C18H25N5O3/c1-3-7-20-18(24)26-14-5-4-12(9-14)15-11-16(23-22-15)21-13-6-8-19-17(10-13)25-2/h6,8,10-12,14H,3-5,7,9H2,1-2H3,(H,20,24)(H2,19,21,22,23)/t12-,14+/m0/s1. The summed E-state index contributed by atoms with van der Waals surface area (Å²) < 4.78 is 10.6. The van der Waals surface area contributed by atoms with Crippen LogP contribution >= 0.6 is 0 Å². The maximum absolute atomic E-state index is 11.7. The second-order valence-electron chi connectivity index (χ2n) is 6.38. The zero-order valence-electron chi connectivity index (χ0n) is 15.1. The van der Waals surface area contributed by atoms with Gasteiger partial charge in [0, 0.05) is 42.2 Å². The number of rotatable bonds is 7. The van der Waals surface area contributed by atoms with E-state index in [2.05, 4.69) is 25.8 Å². The number of methoxy groups -OCH3 is 1. The molecular weight excluding hydrogens is 334 g/mol. The molecule has 2 aromatic heterocycles. The van der Waals surface area contributed by atoms with E-state index in [9.17, 15) is 4.79 Å². The molecule has 26 heavy (non-hydrogen) atoms. The Balaban J connectivity index is 1.54. The number of hydrogen-bond donors (Lipinski definition) is 3. The fourth-order valence-electron chi connectivity index (χ4n) is 3.11. The summed E-state index contributed by atoms with van der Waals surface area (Å²) in [7, 11) is 1.58. The van der Waals surface area contributed by atoms with Crippen molar-refractivity contribution in [1.82, 2.24) is 20.5 Å². The number of ether oxygens (including phenoxy) is 2. The van der Waals surface area contributed by atoms with Crippen LogP contribution in [0, 0.1) is 0 Å². The topological polar surface area (TPSA) is 101 Å². The summed E-state index contributed by atoms with van der Waals surface area (Å²) in [6, 6.07) is 5.66.